The van der Waals surface area contributed by atoms with E-state index >= 15 is 0 Å². The van der Waals surface area contributed by atoms with Gasteiger partial charge in [-0.15, -0.1) is 0 Å². The van der Waals surface area contributed by atoms with Gasteiger partial charge >= 0.3 is 0 Å². The molecule has 1 atom stereocenters. The fourth-order valence-corrected chi connectivity index (χ4v) is 7.53. The van der Waals surface area contributed by atoms with Gasteiger partial charge in [-0.05, 0) is 53.3 Å². The maximum Gasteiger partial charge on any atom is 0.0523 e. The maximum atomic E-state index is 4.01. The van der Waals surface area contributed by atoms with Gasteiger partial charge in [0.05, 0.1) is 6.04 Å². The minimum atomic E-state index is -0.646. The summed E-state index contributed by atoms with van der Waals surface area (Å²) in [5.74, 6) is 0. The van der Waals surface area contributed by atoms with Gasteiger partial charge in [0.15, 0.2) is 0 Å². The van der Waals surface area contributed by atoms with Gasteiger partial charge in [-0.2, -0.15) is 0 Å². The van der Waals surface area contributed by atoms with E-state index in [1.807, 2.05) is 0 Å². The molecule has 6 rings (SSSR count). The normalized spacial score (nSPS) is 15.2. The van der Waals surface area contributed by atoms with Gasteiger partial charge < -0.3 is 5.32 Å². The van der Waals surface area contributed by atoms with E-state index in [4.69, 9.17) is 0 Å². The van der Waals surface area contributed by atoms with Crippen LogP contribution in [0.3, 0.4) is 0 Å². The highest BCUT2D eigenvalue weighted by atomic mass is 31.1. The Labute approximate surface area is 196 Å². The Balaban J connectivity index is 1.47. The lowest BCUT2D eigenvalue weighted by molar-refractivity contribution is 0.673. The van der Waals surface area contributed by atoms with Crippen molar-refractivity contribution in [3.8, 4) is 0 Å². The van der Waals surface area contributed by atoms with Crippen LogP contribution in [0, 0.1) is 0 Å². The molecule has 0 spiro atoms. The molecule has 1 N–H and O–H groups in total. The molecule has 0 aliphatic carbocycles. The summed E-state index contributed by atoms with van der Waals surface area (Å²) in [6.45, 7) is 0. The SMILES string of the molecule is c1ccc(P(c2ccccc2)c2cccc3c2N[C@H](c2cccc4ccccc24)CC3)cc1. The van der Waals surface area contributed by atoms with E-state index in [0.717, 1.165) is 12.8 Å². The zero-order chi connectivity index (χ0) is 22.0. The Morgan fingerprint density at radius 3 is 2.00 bits per heavy atom. The van der Waals surface area contributed by atoms with Crippen LogP contribution in [0.4, 0.5) is 5.69 Å². The van der Waals surface area contributed by atoms with Crippen LogP contribution in [-0.2, 0) is 6.42 Å². The van der Waals surface area contributed by atoms with Crippen LogP contribution in [0.5, 0.6) is 0 Å². The number of hydrogen-bond donors (Lipinski definition) is 1. The number of rotatable bonds is 4. The largest absolute Gasteiger partial charge is 0.377 e. The minimum Gasteiger partial charge on any atom is -0.377 e. The molecule has 1 heterocycles. The number of aryl methyl sites for hydroxylation is 1. The molecule has 2 heteroatoms. The molecule has 0 unspecified atom stereocenters. The number of nitrogens with one attached hydrogen (secondary N) is 1. The quantitative estimate of drug-likeness (QED) is 0.305. The van der Waals surface area contributed by atoms with Crippen LogP contribution in [0.15, 0.2) is 121 Å². The van der Waals surface area contributed by atoms with E-state index in [9.17, 15) is 0 Å². The predicted molar refractivity (Wildman–Crippen MR) is 144 cm³/mol. The first-order valence-corrected chi connectivity index (χ1v) is 13.0. The Bertz CT molecular complexity index is 1350. The maximum absolute atomic E-state index is 4.01. The van der Waals surface area contributed by atoms with Crippen molar-refractivity contribution in [3.05, 3.63) is 132 Å². The number of fused-ring (bicyclic) bond motifs is 2. The molecular formula is C31H26NP. The fourth-order valence-electron chi connectivity index (χ4n) is 5.06. The number of benzene rings is 5. The molecule has 5 aromatic carbocycles. The third-order valence-corrected chi connectivity index (χ3v) is 9.10. The van der Waals surface area contributed by atoms with Gasteiger partial charge in [0.2, 0.25) is 0 Å². The van der Waals surface area contributed by atoms with E-state index < -0.39 is 7.92 Å². The van der Waals surface area contributed by atoms with Crippen LogP contribution in [0.2, 0.25) is 0 Å². The van der Waals surface area contributed by atoms with Crippen LogP contribution in [-0.4, -0.2) is 0 Å². The van der Waals surface area contributed by atoms with Crippen LogP contribution in [0.1, 0.15) is 23.6 Å². The summed E-state index contributed by atoms with van der Waals surface area (Å²) < 4.78 is 0. The zero-order valence-corrected chi connectivity index (χ0v) is 19.4. The zero-order valence-electron chi connectivity index (χ0n) is 18.5. The molecule has 160 valence electrons. The third-order valence-electron chi connectivity index (χ3n) is 6.62. The standard InChI is InChI=1S/C31H26NP/c1-3-14-25(15-4-1)33(26-16-5-2-6-17-26)30-20-10-13-24-21-22-29(32-31(24)30)28-19-9-12-23-11-7-8-18-27(23)28/h1-20,29,32H,21-22H2/t29-/m0/s1. The molecule has 0 amide bonds. The summed E-state index contributed by atoms with van der Waals surface area (Å²) in [7, 11) is -0.646. The van der Waals surface area contributed by atoms with Crippen molar-refractivity contribution >= 4 is 40.3 Å². The second kappa shape index (κ2) is 8.85. The molecular weight excluding hydrogens is 417 g/mol. The van der Waals surface area contributed by atoms with E-state index in [-0.39, 0.29) is 0 Å². The van der Waals surface area contributed by atoms with Crippen LogP contribution >= 0.6 is 7.92 Å². The lowest BCUT2D eigenvalue weighted by Crippen LogP contribution is -2.28. The highest BCUT2D eigenvalue weighted by molar-refractivity contribution is 7.80. The van der Waals surface area contributed by atoms with Crippen molar-refractivity contribution < 1.29 is 0 Å². The Kier molecular flexibility index (Phi) is 5.42. The fraction of sp³-hybridized carbons (Fsp3) is 0.0968. The highest BCUT2D eigenvalue weighted by Gasteiger charge is 2.26. The monoisotopic (exact) mass is 443 g/mol. The average Bonchev–Trinajstić information content (AvgIpc) is 2.90. The number of hydrogen-bond acceptors (Lipinski definition) is 1. The second-order valence-electron chi connectivity index (χ2n) is 8.62. The van der Waals surface area contributed by atoms with Crippen molar-refractivity contribution in [3.63, 3.8) is 0 Å². The van der Waals surface area contributed by atoms with Gasteiger partial charge in [0.1, 0.15) is 0 Å². The third kappa shape index (κ3) is 3.84. The van der Waals surface area contributed by atoms with Crippen molar-refractivity contribution in [1.82, 2.24) is 0 Å². The molecule has 5 aromatic rings. The molecule has 0 fully saturated rings. The summed E-state index contributed by atoms with van der Waals surface area (Å²) in [5, 5.41) is 10.9. The second-order valence-corrected chi connectivity index (χ2v) is 10.8. The first-order valence-electron chi connectivity index (χ1n) is 11.6. The molecule has 0 bridgehead atoms. The molecule has 0 aromatic heterocycles. The smallest absolute Gasteiger partial charge is 0.0523 e. The van der Waals surface area contributed by atoms with E-state index in [1.165, 1.54) is 43.5 Å². The van der Waals surface area contributed by atoms with Crippen molar-refractivity contribution in [2.45, 2.75) is 18.9 Å². The molecule has 1 aliphatic heterocycles. The van der Waals surface area contributed by atoms with E-state index in [0.29, 0.717) is 6.04 Å². The Morgan fingerprint density at radius 2 is 1.24 bits per heavy atom. The van der Waals surface area contributed by atoms with Gasteiger partial charge in [-0.25, -0.2) is 0 Å². The van der Waals surface area contributed by atoms with E-state index in [1.54, 1.807) is 0 Å². The van der Waals surface area contributed by atoms with Gasteiger partial charge in [-0.3, -0.25) is 0 Å². The van der Waals surface area contributed by atoms with Crippen molar-refractivity contribution in [2.24, 2.45) is 0 Å². The first kappa shape index (κ1) is 20.2. The van der Waals surface area contributed by atoms with Crippen LogP contribution in [0.25, 0.3) is 10.8 Å². The summed E-state index contributed by atoms with van der Waals surface area (Å²) >= 11 is 0. The van der Waals surface area contributed by atoms with Crippen molar-refractivity contribution in [2.75, 3.05) is 5.32 Å². The van der Waals surface area contributed by atoms with Crippen LogP contribution < -0.4 is 21.2 Å². The molecule has 1 nitrogen and oxygen atoms in total. The van der Waals surface area contributed by atoms with Gasteiger partial charge in [0, 0.05) is 11.0 Å². The average molecular weight is 444 g/mol. The molecule has 0 saturated carbocycles. The summed E-state index contributed by atoms with van der Waals surface area (Å²) in [6, 6.07) is 44.6. The molecule has 0 saturated heterocycles. The Hall–Kier alpha value is -3.41. The van der Waals surface area contributed by atoms with E-state index in [2.05, 4.69) is 127 Å². The number of anilines is 1. The Morgan fingerprint density at radius 1 is 0.606 bits per heavy atom. The summed E-state index contributed by atoms with van der Waals surface area (Å²) in [4.78, 5) is 0. The van der Waals surface area contributed by atoms with Gasteiger partial charge in [0.25, 0.3) is 0 Å². The molecule has 1 aliphatic rings. The number of para-hydroxylation sites is 1. The van der Waals surface area contributed by atoms with Crippen molar-refractivity contribution in [1.29, 1.82) is 0 Å². The topological polar surface area (TPSA) is 12.0 Å². The lowest BCUT2D eigenvalue weighted by Gasteiger charge is -2.32. The predicted octanol–water partition coefficient (Wildman–Crippen LogP) is 6.70. The van der Waals surface area contributed by atoms with Gasteiger partial charge in [-0.1, -0.05) is 121 Å². The highest BCUT2D eigenvalue weighted by Crippen LogP contribution is 2.41. The molecule has 33 heavy (non-hydrogen) atoms. The molecule has 0 radical (unpaired) electrons. The lowest BCUT2D eigenvalue weighted by atomic mass is 9.90. The summed E-state index contributed by atoms with van der Waals surface area (Å²) in [6.07, 6.45) is 2.20. The first-order chi connectivity index (χ1) is 16.4. The summed E-state index contributed by atoms with van der Waals surface area (Å²) in [5.41, 5.74) is 4.17. The minimum absolute atomic E-state index is 0.313.